The minimum absolute atomic E-state index is 0.0582. The van der Waals surface area contributed by atoms with Crippen LogP contribution in [0.2, 0.25) is 0 Å². The molecular formula is C21H20N2O4S. The van der Waals surface area contributed by atoms with Crippen molar-refractivity contribution in [2.45, 2.75) is 26.2 Å². The molecule has 1 aliphatic heterocycles. The zero-order valence-corrected chi connectivity index (χ0v) is 16.3. The van der Waals surface area contributed by atoms with E-state index in [1.807, 2.05) is 13.0 Å². The van der Waals surface area contributed by atoms with Gasteiger partial charge < -0.3 is 9.15 Å². The highest BCUT2D eigenvalue weighted by atomic mass is 32.1. The van der Waals surface area contributed by atoms with Crippen molar-refractivity contribution in [1.82, 2.24) is 9.97 Å². The summed E-state index contributed by atoms with van der Waals surface area (Å²) < 4.78 is 10.9. The van der Waals surface area contributed by atoms with Gasteiger partial charge in [0.25, 0.3) is 0 Å². The molecule has 0 amide bonds. The van der Waals surface area contributed by atoms with Crippen LogP contribution in [0.25, 0.3) is 11.5 Å². The summed E-state index contributed by atoms with van der Waals surface area (Å²) in [6.07, 6.45) is 4.67. The van der Waals surface area contributed by atoms with Crippen molar-refractivity contribution in [2.75, 3.05) is 13.2 Å². The molecule has 1 aliphatic rings. The average molecular weight is 396 g/mol. The standard InChI is InChI=1S/C21H20N2O4S/c1-13-4-5-15(12-22-13)16(24)11-18-23-19(17-3-2-8-27-17)21(28-18)20(25)14-6-9-26-10-7-14/h2-5,8,12,14H,6-7,9-11H2,1H3. The first-order valence-electron chi connectivity index (χ1n) is 9.23. The maximum Gasteiger partial charge on any atom is 0.178 e. The maximum absolute atomic E-state index is 13.1. The zero-order chi connectivity index (χ0) is 19.5. The fraction of sp³-hybridized carbons (Fsp3) is 0.333. The van der Waals surface area contributed by atoms with E-state index in [1.54, 1.807) is 30.7 Å². The van der Waals surface area contributed by atoms with Crippen LogP contribution >= 0.6 is 11.3 Å². The second-order valence-electron chi connectivity index (χ2n) is 6.80. The highest BCUT2D eigenvalue weighted by Crippen LogP contribution is 2.33. The second-order valence-corrected chi connectivity index (χ2v) is 7.89. The molecule has 0 unspecified atom stereocenters. The number of aromatic nitrogens is 2. The highest BCUT2D eigenvalue weighted by Gasteiger charge is 2.29. The molecule has 0 atom stereocenters. The first-order valence-corrected chi connectivity index (χ1v) is 10.0. The number of carbonyl (C=O) groups is 2. The highest BCUT2D eigenvalue weighted by molar-refractivity contribution is 7.14. The molecule has 1 fully saturated rings. The third kappa shape index (κ3) is 3.95. The first kappa shape index (κ1) is 18.7. The van der Waals surface area contributed by atoms with Crippen molar-refractivity contribution in [3.05, 3.63) is 57.9 Å². The Balaban J connectivity index is 1.62. The van der Waals surface area contributed by atoms with Crippen LogP contribution in [0, 0.1) is 12.8 Å². The van der Waals surface area contributed by atoms with Gasteiger partial charge in [-0.25, -0.2) is 4.98 Å². The fourth-order valence-corrected chi connectivity index (χ4v) is 4.29. The van der Waals surface area contributed by atoms with Crippen LogP contribution in [0.5, 0.6) is 0 Å². The van der Waals surface area contributed by atoms with Crippen LogP contribution in [-0.4, -0.2) is 34.7 Å². The van der Waals surface area contributed by atoms with Gasteiger partial charge in [0.15, 0.2) is 17.3 Å². The van der Waals surface area contributed by atoms with Gasteiger partial charge in [-0.3, -0.25) is 14.6 Å². The van der Waals surface area contributed by atoms with Crippen molar-refractivity contribution in [3.63, 3.8) is 0 Å². The molecule has 6 nitrogen and oxygen atoms in total. The summed E-state index contributed by atoms with van der Waals surface area (Å²) in [7, 11) is 0. The Hall–Kier alpha value is -2.64. The Labute approximate surface area is 166 Å². The SMILES string of the molecule is Cc1ccc(C(=O)Cc2nc(-c3ccco3)c(C(=O)C3CCOCC3)s2)cn1. The second kappa shape index (κ2) is 8.16. The number of nitrogens with zero attached hydrogens (tertiary/aromatic N) is 2. The smallest absolute Gasteiger partial charge is 0.178 e. The third-order valence-corrected chi connectivity index (χ3v) is 5.86. The zero-order valence-electron chi connectivity index (χ0n) is 15.5. The van der Waals surface area contributed by atoms with Gasteiger partial charge in [0, 0.05) is 36.6 Å². The number of aryl methyl sites for hydroxylation is 1. The van der Waals surface area contributed by atoms with Gasteiger partial charge in [-0.05, 0) is 44.0 Å². The van der Waals surface area contributed by atoms with Gasteiger partial charge in [-0.15, -0.1) is 11.3 Å². The molecule has 0 radical (unpaired) electrons. The summed E-state index contributed by atoms with van der Waals surface area (Å²) in [5, 5.41) is 0.604. The number of rotatable bonds is 6. The average Bonchev–Trinajstić information content (AvgIpc) is 3.38. The molecule has 4 rings (SSSR count). The van der Waals surface area contributed by atoms with Crippen molar-refractivity contribution >= 4 is 22.9 Å². The normalized spacial score (nSPS) is 14.9. The van der Waals surface area contributed by atoms with E-state index < -0.39 is 0 Å². The van der Waals surface area contributed by atoms with E-state index in [4.69, 9.17) is 9.15 Å². The number of ketones is 2. The summed E-state index contributed by atoms with van der Waals surface area (Å²) in [5.74, 6) is 0.454. The van der Waals surface area contributed by atoms with Crippen LogP contribution in [0.4, 0.5) is 0 Å². The number of thiazole rings is 1. The van der Waals surface area contributed by atoms with Crippen LogP contribution in [-0.2, 0) is 11.2 Å². The van der Waals surface area contributed by atoms with Crippen molar-refractivity contribution in [2.24, 2.45) is 5.92 Å². The Morgan fingerprint density at radius 2 is 2.04 bits per heavy atom. The molecule has 144 valence electrons. The van der Waals surface area contributed by atoms with E-state index in [-0.39, 0.29) is 23.9 Å². The van der Waals surface area contributed by atoms with E-state index in [2.05, 4.69) is 9.97 Å². The van der Waals surface area contributed by atoms with Crippen LogP contribution in [0.15, 0.2) is 41.1 Å². The summed E-state index contributed by atoms with van der Waals surface area (Å²) in [6.45, 7) is 3.06. The number of hydrogen-bond acceptors (Lipinski definition) is 7. The molecule has 7 heteroatoms. The van der Waals surface area contributed by atoms with Gasteiger partial charge in [-0.1, -0.05) is 0 Å². The predicted molar refractivity (Wildman–Crippen MR) is 105 cm³/mol. The lowest BCUT2D eigenvalue weighted by molar-refractivity contribution is 0.0547. The number of ether oxygens (including phenoxy) is 1. The van der Waals surface area contributed by atoms with Gasteiger partial charge in [-0.2, -0.15) is 0 Å². The quantitative estimate of drug-likeness (QED) is 0.583. The predicted octanol–water partition coefficient (Wildman–Crippen LogP) is 4.14. The molecule has 0 aliphatic carbocycles. The number of carbonyl (C=O) groups excluding carboxylic acids is 2. The Bertz CT molecular complexity index is 971. The number of Topliss-reactive ketones (excluding diaryl/α,β-unsaturated/α-hetero) is 2. The van der Waals surface area contributed by atoms with Gasteiger partial charge in [0.1, 0.15) is 15.6 Å². The largest absolute Gasteiger partial charge is 0.463 e. The van der Waals surface area contributed by atoms with Crippen LogP contribution in [0.1, 0.15) is 43.6 Å². The van der Waals surface area contributed by atoms with Gasteiger partial charge in [0.2, 0.25) is 0 Å². The molecule has 1 saturated heterocycles. The third-order valence-electron chi connectivity index (χ3n) is 4.79. The van der Waals surface area contributed by atoms with E-state index in [0.29, 0.717) is 53.0 Å². The van der Waals surface area contributed by atoms with Crippen molar-refractivity contribution < 1.29 is 18.7 Å². The maximum atomic E-state index is 13.1. The molecule has 0 saturated carbocycles. The van der Waals surface area contributed by atoms with Crippen LogP contribution < -0.4 is 0 Å². The lowest BCUT2D eigenvalue weighted by atomic mass is 9.94. The first-order chi connectivity index (χ1) is 13.6. The summed E-state index contributed by atoms with van der Waals surface area (Å²) in [4.78, 5) is 35.0. The molecule has 0 aromatic carbocycles. The number of hydrogen-bond donors (Lipinski definition) is 0. The van der Waals surface area contributed by atoms with E-state index >= 15 is 0 Å². The molecule has 3 aromatic heterocycles. The molecule has 0 bridgehead atoms. The van der Waals surface area contributed by atoms with Gasteiger partial charge >= 0.3 is 0 Å². The summed E-state index contributed by atoms with van der Waals surface area (Å²) in [6, 6.07) is 7.12. The minimum atomic E-state index is -0.0761. The minimum Gasteiger partial charge on any atom is -0.463 e. The Kier molecular flexibility index (Phi) is 5.45. The molecule has 0 N–H and O–H groups in total. The van der Waals surface area contributed by atoms with Crippen molar-refractivity contribution in [1.29, 1.82) is 0 Å². The summed E-state index contributed by atoms with van der Waals surface area (Å²) in [5.41, 5.74) is 1.92. The van der Waals surface area contributed by atoms with E-state index in [9.17, 15) is 9.59 Å². The number of pyridine rings is 1. The topological polar surface area (TPSA) is 82.3 Å². The lowest BCUT2D eigenvalue weighted by Crippen LogP contribution is -2.23. The Morgan fingerprint density at radius 1 is 1.21 bits per heavy atom. The van der Waals surface area contributed by atoms with Crippen molar-refractivity contribution in [3.8, 4) is 11.5 Å². The van der Waals surface area contributed by atoms with E-state index in [1.165, 1.54) is 11.3 Å². The molecule has 28 heavy (non-hydrogen) atoms. The summed E-state index contributed by atoms with van der Waals surface area (Å²) >= 11 is 1.28. The monoisotopic (exact) mass is 396 g/mol. The Morgan fingerprint density at radius 3 is 2.71 bits per heavy atom. The van der Waals surface area contributed by atoms with Crippen LogP contribution in [0.3, 0.4) is 0 Å². The molecule has 3 aromatic rings. The number of furan rings is 1. The molecular weight excluding hydrogens is 376 g/mol. The van der Waals surface area contributed by atoms with Gasteiger partial charge in [0.05, 0.1) is 12.7 Å². The molecule has 0 spiro atoms. The fourth-order valence-electron chi connectivity index (χ4n) is 3.20. The molecule has 4 heterocycles. The van der Waals surface area contributed by atoms with E-state index in [0.717, 1.165) is 5.69 Å². The lowest BCUT2D eigenvalue weighted by Gasteiger charge is -2.20.